The fraction of sp³-hybridized carbons (Fsp3) is 0.333. The molecule has 3 aromatic rings. The average Bonchev–Trinajstić information content (AvgIpc) is 3.18. The van der Waals surface area contributed by atoms with Crippen LogP contribution in [-0.2, 0) is 6.18 Å². The van der Waals surface area contributed by atoms with Gasteiger partial charge in [-0.2, -0.15) is 13.2 Å². The minimum absolute atomic E-state index is 0.0184. The molecule has 0 saturated carbocycles. The Labute approximate surface area is 161 Å². The number of rotatable bonds is 3. The molecule has 0 spiro atoms. The Hall–Kier alpha value is -2.75. The first-order valence-electron chi connectivity index (χ1n) is 8.63. The normalized spacial score (nSPS) is 17.8. The number of anilines is 1. The molecule has 1 unspecified atom stereocenters. The molecule has 1 atom stereocenters. The number of hydrogen-bond donors (Lipinski definition) is 0. The fourth-order valence-electron chi connectivity index (χ4n) is 3.60. The lowest BCUT2D eigenvalue weighted by Crippen LogP contribution is -2.34. The smallest absolute Gasteiger partial charge is 0.370 e. The number of halogens is 3. The molecule has 1 saturated heterocycles. The number of nitrogens with zero attached hydrogens (tertiary/aromatic N) is 4. The van der Waals surface area contributed by atoms with E-state index in [0.29, 0.717) is 22.3 Å². The van der Waals surface area contributed by atoms with Crippen molar-refractivity contribution < 1.29 is 18.1 Å². The first kappa shape index (κ1) is 18.6. The Morgan fingerprint density at radius 3 is 2.79 bits per heavy atom. The molecule has 0 radical (unpaired) electrons. The topological polar surface area (TPSA) is 72.2 Å². The van der Waals surface area contributed by atoms with Crippen molar-refractivity contribution >= 4 is 33.5 Å². The summed E-state index contributed by atoms with van der Waals surface area (Å²) >= 11 is 1.03. The number of nitro groups is 1. The third-order valence-corrected chi connectivity index (χ3v) is 5.90. The van der Waals surface area contributed by atoms with Gasteiger partial charge in [0.25, 0.3) is 5.69 Å². The van der Waals surface area contributed by atoms with Crippen molar-refractivity contribution in [3.63, 3.8) is 0 Å². The molecule has 4 rings (SSSR count). The SMILES string of the molecule is O=[N+]([O-])c1ccc(N2CCCC(c3nc(C(F)(F)F)cs3)C2)c2ccncc12. The van der Waals surface area contributed by atoms with Crippen molar-refractivity contribution in [1.29, 1.82) is 0 Å². The van der Waals surface area contributed by atoms with Crippen LogP contribution >= 0.6 is 11.3 Å². The molecule has 1 aliphatic heterocycles. The molecule has 0 aliphatic carbocycles. The Morgan fingerprint density at radius 2 is 2.07 bits per heavy atom. The van der Waals surface area contributed by atoms with Crippen molar-refractivity contribution in [3.8, 4) is 0 Å². The summed E-state index contributed by atoms with van der Waals surface area (Å²) in [6.07, 6.45) is 0.163. The summed E-state index contributed by atoms with van der Waals surface area (Å²) < 4.78 is 38.6. The zero-order valence-electron chi connectivity index (χ0n) is 14.5. The summed E-state index contributed by atoms with van der Waals surface area (Å²) in [5, 5.41) is 14.0. The van der Waals surface area contributed by atoms with Gasteiger partial charge in [0.2, 0.25) is 0 Å². The maximum Gasteiger partial charge on any atom is 0.434 e. The van der Waals surface area contributed by atoms with Gasteiger partial charge >= 0.3 is 6.18 Å². The van der Waals surface area contributed by atoms with Crippen LogP contribution in [0.15, 0.2) is 36.0 Å². The number of nitro benzene ring substituents is 1. The van der Waals surface area contributed by atoms with Gasteiger partial charge in [-0.25, -0.2) is 4.98 Å². The molecule has 10 heteroatoms. The minimum atomic E-state index is -4.44. The molecule has 146 valence electrons. The lowest BCUT2D eigenvalue weighted by Gasteiger charge is -2.34. The predicted octanol–water partition coefficient (Wildman–Crippen LogP) is 5.00. The Kier molecular flexibility index (Phi) is 4.66. The average molecular weight is 408 g/mol. The molecule has 28 heavy (non-hydrogen) atoms. The van der Waals surface area contributed by atoms with E-state index in [9.17, 15) is 23.3 Å². The van der Waals surface area contributed by atoms with Crippen LogP contribution < -0.4 is 4.90 Å². The number of fused-ring (bicyclic) bond motifs is 1. The molecular weight excluding hydrogens is 393 g/mol. The van der Waals surface area contributed by atoms with Crippen LogP contribution in [0.4, 0.5) is 24.5 Å². The van der Waals surface area contributed by atoms with Crippen LogP contribution in [0.3, 0.4) is 0 Å². The fourth-order valence-corrected chi connectivity index (χ4v) is 4.55. The summed E-state index contributed by atoms with van der Waals surface area (Å²) in [5.41, 5.74) is -0.0491. The van der Waals surface area contributed by atoms with Crippen LogP contribution in [0, 0.1) is 10.1 Å². The summed E-state index contributed by atoms with van der Waals surface area (Å²) in [5.74, 6) is -0.109. The largest absolute Gasteiger partial charge is 0.434 e. The second-order valence-corrected chi connectivity index (χ2v) is 7.53. The maximum atomic E-state index is 12.9. The highest BCUT2D eigenvalue weighted by atomic mass is 32.1. The van der Waals surface area contributed by atoms with E-state index < -0.39 is 16.8 Å². The lowest BCUT2D eigenvalue weighted by atomic mass is 9.97. The molecular formula is C18H15F3N4O2S. The van der Waals surface area contributed by atoms with Crippen molar-refractivity contribution in [2.75, 3.05) is 18.0 Å². The molecule has 3 heterocycles. The highest BCUT2D eigenvalue weighted by molar-refractivity contribution is 7.09. The molecule has 2 aromatic heterocycles. The first-order chi connectivity index (χ1) is 13.3. The van der Waals surface area contributed by atoms with Gasteiger partial charge in [-0.15, -0.1) is 11.3 Å². The second-order valence-electron chi connectivity index (χ2n) is 6.64. The van der Waals surface area contributed by atoms with E-state index >= 15 is 0 Å². The number of pyridine rings is 1. The Bertz CT molecular complexity index is 1040. The standard InChI is InChI=1S/C18H15F3N4O2S/c19-18(20,21)16-10-28-17(23-16)11-2-1-7-24(9-11)14-3-4-15(25(26)27)13-8-22-6-5-12(13)14/h3-6,8,10-11H,1-2,7,9H2. The van der Waals surface area contributed by atoms with Gasteiger partial charge in [0.05, 0.1) is 15.3 Å². The van der Waals surface area contributed by atoms with E-state index in [1.54, 1.807) is 18.3 Å². The third kappa shape index (κ3) is 3.39. The van der Waals surface area contributed by atoms with Crippen LogP contribution in [0.25, 0.3) is 10.8 Å². The monoisotopic (exact) mass is 408 g/mol. The van der Waals surface area contributed by atoms with Gasteiger partial charge in [-0.3, -0.25) is 15.1 Å². The van der Waals surface area contributed by atoms with Gasteiger partial charge in [-0.05, 0) is 25.0 Å². The summed E-state index contributed by atoms with van der Waals surface area (Å²) in [6.45, 7) is 1.24. The highest BCUT2D eigenvalue weighted by Gasteiger charge is 2.35. The van der Waals surface area contributed by atoms with Crippen molar-refractivity contribution in [2.24, 2.45) is 0 Å². The van der Waals surface area contributed by atoms with Gasteiger partial charge < -0.3 is 4.90 Å². The first-order valence-corrected chi connectivity index (χ1v) is 9.51. The summed E-state index contributed by atoms with van der Waals surface area (Å²) in [6, 6.07) is 4.88. The van der Waals surface area contributed by atoms with Gasteiger partial charge in [0, 0.05) is 53.9 Å². The summed E-state index contributed by atoms with van der Waals surface area (Å²) in [7, 11) is 0. The molecule has 0 bridgehead atoms. The van der Waals surface area contributed by atoms with E-state index in [1.807, 2.05) is 0 Å². The van der Waals surface area contributed by atoms with Crippen molar-refractivity contribution in [1.82, 2.24) is 9.97 Å². The molecule has 1 aromatic carbocycles. The number of hydrogen-bond acceptors (Lipinski definition) is 6. The van der Waals surface area contributed by atoms with Gasteiger partial charge in [-0.1, -0.05) is 0 Å². The van der Waals surface area contributed by atoms with E-state index in [2.05, 4.69) is 14.9 Å². The number of benzene rings is 1. The van der Waals surface area contributed by atoms with Gasteiger partial charge in [0.15, 0.2) is 5.69 Å². The van der Waals surface area contributed by atoms with Crippen LogP contribution in [0.2, 0.25) is 0 Å². The molecule has 1 aliphatic rings. The van der Waals surface area contributed by atoms with E-state index in [4.69, 9.17) is 0 Å². The van der Waals surface area contributed by atoms with Crippen LogP contribution in [-0.4, -0.2) is 28.0 Å². The zero-order chi connectivity index (χ0) is 19.9. The molecule has 1 fully saturated rings. The van der Waals surface area contributed by atoms with Gasteiger partial charge in [0.1, 0.15) is 0 Å². The van der Waals surface area contributed by atoms with Crippen molar-refractivity contribution in [3.05, 3.63) is 56.8 Å². The summed E-state index contributed by atoms with van der Waals surface area (Å²) in [4.78, 5) is 20.7. The number of alkyl halides is 3. The number of non-ortho nitro benzene ring substituents is 1. The number of piperidine rings is 1. The number of thiazole rings is 1. The minimum Gasteiger partial charge on any atom is -0.370 e. The Morgan fingerprint density at radius 1 is 1.25 bits per heavy atom. The number of aromatic nitrogens is 2. The molecule has 6 nitrogen and oxygen atoms in total. The third-order valence-electron chi connectivity index (χ3n) is 4.89. The molecule has 0 amide bonds. The Balaban J connectivity index is 1.66. The lowest BCUT2D eigenvalue weighted by molar-refractivity contribution is -0.383. The maximum absolute atomic E-state index is 12.9. The van der Waals surface area contributed by atoms with Crippen LogP contribution in [0.1, 0.15) is 29.5 Å². The molecule has 0 N–H and O–H groups in total. The van der Waals surface area contributed by atoms with E-state index in [-0.39, 0.29) is 11.6 Å². The zero-order valence-corrected chi connectivity index (χ0v) is 15.3. The van der Waals surface area contributed by atoms with Crippen molar-refractivity contribution in [2.45, 2.75) is 24.9 Å². The predicted molar refractivity (Wildman–Crippen MR) is 99.7 cm³/mol. The van der Waals surface area contributed by atoms with E-state index in [0.717, 1.165) is 41.8 Å². The van der Waals surface area contributed by atoms with Crippen LogP contribution in [0.5, 0.6) is 0 Å². The van der Waals surface area contributed by atoms with E-state index in [1.165, 1.54) is 12.3 Å². The second kappa shape index (κ2) is 7.01. The highest BCUT2D eigenvalue weighted by Crippen LogP contribution is 2.38. The quantitative estimate of drug-likeness (QED) is 0.450.